The standard InChI is InChI=1S/C23H19ClN4O4S2/c1-32-19-11-13-20(14-12-19)34(30,31)28(18-5-3-2-4-6-18)15-21(29)25-23-27-26-22(33-23)16-7-9-17(24)10-8-16/h2-14H,15H2,1H3,(H,25,27,29). The molecule has 0 atom stereocenters. The van der Waals surface area contributed by atoms with E-state index in [2.05, 4.69) is 15.5 Å². The molecule has 0 spiro atoms. The van der Waals surface area contributed by atoms with Crippen LogP contribution in [0.4, 0.5) is 10.8 Å². The third kappa shape index (κ3) is 5.36. The Bertz CT molecular complexity index is 1380. The molecule has 1 aromatic heterocycles. The summed E-state index contributed by atoms with van der Waals surface area (Å²) in [5.74, 6) is -0.0320. The average molecular weight is 515 g/mol. The minimum Gasteiger partial charge on any atom is -0.497 e. The number of carbonyl (C=O) groups excluding carboxylic acids is 1. The molecule has 8 nitrogen and oxygen atoms in total. The van der Waals surface area contributed by atoms with Gasteiger partial charge >= 0.3 is 0 Å². The fourth-order valence-corrected chi connectivity index (χ4v) is 5.37. The maximum absolute atomic E-state index is 13.4. The lowest BCUT2D eigenvalue weighted by Crippen LogP contribution is -2.38. The molecule has 0 saturated carbocycles. The molecule has 1 amide bonds. The Kier molecular flexibility index (Phi) is 7.11. The van der Waals surface area contributed by atoms with Gasteiger partial charge in [-0.15, -0.1) is 10.2 Å². The summed E-state index contributed by atoms with van der Waals surface area (Å²) >= 11 is 7.09. The van der Waals surface area contributed by atoms with Gasteiger partial charge in [0.15, 0.2) is 0 Å². The van der Waals surface area contributed by atoms with Gasteiger partial charge in [0.1, 0.15) is 17.3 Å². The average Bonchev–Trinajstić information content (AvgIpc) is 3.31. The first-order valence-electron chi connectivity index (χ1n) is 9.98. The van der Waals surface area contributed by atoms with Crippen molar-refractivity contribution in [2.24, 2.45) is 0 Å². The molecule has 0 bridgehead atoms. The first-order valence-corrected chi connectivity index (χ1v) is 12.6. The van der Waals surface area contributed by atoms with Gasteiger partial charge in [-0.1, -0.05) is 53.3 Å². The van der Waals surface area contributed by atoms with Gasteiger partial charge in [0, 0.05) is 10.6 Å². The molecular formula is C23H19ClN4O4S2. The number of carbonyl (C=O) groups is 1. The fourth-order valence-electron chi connectivity index (χ4n) is 3.06. The fraction of sp³-hybridized carbons (Fsp3) is 0.0870. The van der Waals surface area contributed by atoms with Crippen molar-refractivity contribution in [3.63, 3.8) is 0 Å². The van der Waals surface area contributed by atoms with E-state index in [9.17, 15) is 13.2 Å². The largest absolute Gasteiger partial charge is 0.497 e. The van der Waals surface area contributed by atoms with Crippen molar-refractivity contribution in [3.8, 4) is 16.3 Å². The number of methoxy groups -OCH3 is 1. The number of hydrogen-bond donors (Lipinski definition) is 1. The summed E-state index contributed by atoms with van der Waals surface area (Å²) in [4.78, 5) is 12.9. The number of ether oxygens (including phenoxy) is 1. The SMILES string of the molecule is COc1ccc(S(=O)(=O)N(CC(=O)Nc2nnc(-c3ccc(Cl)cc3)s2)c2ccccc2)cc1. The number of nitrogens with zero attached hydrogens (tertiary/aromatic N) is 3. The van der Waals surface area contributed by atoms with Crippen LogP contribution < -0.4 is 14.4 Å². The highest BCUT2D eigenvalue weighted by atomic mass is 35.5. The Morgan fingerprint density at radius 3 is 2.32 bits per heavy atom. The number of nitrogens with one attached hydrogen (secondary N) is 1. The topological polar surface area (TPSA) is 101 Å². The van der Waals surface area contributed by atoms with Gasteiger partial charge in [-0.2, -0.15) is 0 Å². The zero-order valence-electron chi connectivity index (χ0n) is 17.9. The van der Waals surface area contributed by atoms with Gasteiger partial charge in [-0.05, 0) is 48.5 Å². The van der Waals surface area contributed by atoms with E-state index in [1.54, 1.807) is 66.7 Å². The van der Waals surface area contributed by atoms with E-state index in [-0.39, 0.29) is 10.0 Å². The number of rotatable bonds is 8. The van der Waals surface area contributed by atoms with Crippen molar-refractivity contribution in [3.05, 3.63) is 83.9 Å². The van der Waals surface area contributed by atoms with E-state index in [1.807, 2.05) is 0 Å². The number of anilines is 2. The first-order chi connectivity index (χ1) is 16.4. The molecule has 0 saturated heterocycles. The lowest BCUT2D eigenvalue weighted by Gasteiger charge is -2.23. The van der Waals surface area contributed by atoms with E-state index in [0.29, 0.717) is 21.5 Å². The molecule has 1 N–H and O–H groups in total. The lowest BCUT2D eigenvalue weighted by atomic mass is 10.2. The second kappa shape index (κ2) is 10.2. The smallest absolute Gasteiger partial charge is 0.264 e. The van der Waals surface area contributed by atoms with E-state index in [4.69, 9.17) is 16.3 Å². The molecule has 1 heterocycles. The van der Waals surface area contributed by atoms with E-state index >= 15 is 0 Å². The van der Waals surface area contributed by atoms with Crippen LogP contribution >= 0.6 is 22.9 Å². The summed E-state index contributed by atoms with van der Waals surface area (Å²) in [5.41, 5.74) is 1.16. The molecule has 11 heteroatoms. The number of sulfonamides is 1. The van der Waals surface area contributed by atoms with Gasteiger partial charge < -0.3 is 4.74 Å². The number of benzene rings is 3. The zero-order valence-corrected chi connectivity index (χ0v) is 20.3. The molecule has 0 unspecified atom stereocenters. The van der Waals surface area contributed by atoms with E-state index in [0.717, 1.165) is 9.87 Å². The normalized spacial score (nSPS) is 11.1. The van der Waals surface area contributed by atoms with Crippen molar-refractivity contribution < 1.29 is 17.9 Å². The highest BCUT2D eigenvalue weighted by Gasteiger charge is 2.27. The van der Waals surface area contributed by atoms with Crippen molar-refractivity contribution >= 4 is 49.7 Å². The van der Waals surface area contributed by atoms with Gasteiger partial charge in [0.25, 0.3) is 10.0 Å². The van der Waals surface area contributed by atoms with Crippen LogP contribution in [0, 0.1) is 0 Å². The third-order valence-corrected chi connectivity index (χ3v) is 7.67. The van der Waals surface area contributed by atoms with Gasteiger partial charge in [0.05, 0.1) is 17.7 Å². The summed E-state index contributed by atoms with van der Waals surface area (Å²) in [6.45, 7) is -0.450. The second-order valence-corrected chi connectivity index (χ2v) is 10.3. The van der Waals surface area contributed by atoms with Gasteiger partial charge in [-0.3, -0.25) is 14.4 Å². The van der Waals surface area contributed by atoms with Crippen LogP contribution in [0.3, 0.4) is 0 Å². The number of para-hydroxylation sites is 1. The number of hydrogen-bond acceptors (Lipinski definition) is 7. The van der Waals surface area contributed by atoms with E-state index in [1.165, 1.54) is 30.6 Å². The first kappa shape index (κ1) is 23.7. The van der Waals surface area contributed by atoms with Crippen molar-refractivity contribution in [2.45, 2.75) is 4.90 Å². The summed E-state index contributed by atoms with van der Waals surface area (Å²) in [7, 11) is -2.54. The third-order valence-electron chi connectivity index (χ3n) is 4.74. The Labute approximate surface area is 205 Å². The molecule has 4 aromatic rings. The van der Waals surface area contributed by atoms with Crippen LogP contribution in [0.15, 0.2) is 83.8 Å². The Morgan fingerprint density at radius 1 is 1.00 bits per heavy atom. The molecular weight excluding hydrogens is 496 g/mol. The van der Waals surface area contributed by atoms with Crippen LogP contribution in [0.2, 0.25) is 5.02 Å². The van der Waals surface area contributed by atoms with Crippen molar-refractivity contribution in [1.82, 2.24) is 10.2 Å². The molecule has 0 aliphatic carbocycles. The molecule has 0 radical (unpaired) electrons. The summed E-state index contributed by atoms with van der Waals surface area (Å²) in [5, 5.41) is 12.2. The zero-order chi connectivity index (χ0) is 24.1. The molecule has 4 rings (SSSR count). The second-order valence-electron chi connectivity index (χ2n) is 6.99. The highest BCUT2D eigenvalue weighted by molar-refractivity contribution is 7.92. The number of aromatic nitrogens is 2. The van der Waals surface area contributed by atoms with Crippen LogP contribution in [0.25, 0.3) is 10.6 Å². The maximum atomic E-state index is 13.4. The minimum absolute atomic E-state index is 0.0332. The molecule has 34 heavy (non-hydrogen) atoms. The molecule has 0 aliphatic rings. The predicted molar refractivity (Wildman–Crippen MR) is 133 cm³/mol. The number of halogens is 1. The summed E-state index contributed by atoms with van der Waals surface area (Å²) in [6, 6.07) is 21.5. The Balaban J connectivity index is 1.56. The molecule has 0 fully saturated rings. The lowest BCUT2D eigenvalue weighted by molar-refractivity contribution is -0.114. The van der Waals surface area contributed by atoms with Crippen LogP contribution in [-0.2, 0) is 14.8 Å². The van der Waals surface area contributed by atoms with Crippen LogP contribution in [-0.4, -0.2) is 38.2 Å². The van der Waals surface area contributed by atoms with E-state index < -0.39 is 22.5 Å². The van der Waals surface area contributed by atoms with Crippen molar-refractivity contribution in [2.75, 3.05) is 23.3 Å². The van der Waals surface area contributed by atoms with Crippen molar-refractivity contribution in [1.29, 1.82) is 0 Å². The maximum Gasteiger partial charge on any atom is 0.264 e. The molecule has 0 aliphatic heterocycles. The summed E-state index contributed by atoms with van der Waals surface area (Å²) < 4.78 is 33.0. The predicted octanol–water partition coefficient (Wildman–Crippen LogP) is 4.70. The van der Waals surface area contributed by atoms with Gasteiger partial charge in [0.2, 0.25) is 11.0 Å². The molecule has 3 aromatic carbocycles. The van der Waals surface area contributed by atoms with Gasteiger partial charge in [-0.25, -0.2) is 8.42 Å². The van der Waals surface area contributed by atoms with Crippen LogP contribution in [0.5, 0.6) is 5.75 Å². The van der Waals surface area contributed by atoms with Crippen LogP contribution in [0.1, 0.15) is 0 Å². The molecule has 174 valence electrons. The summed E-state index contributed by atoms with van der Waals surface area (Å²) in [6.07, 6.45) is 0. The number of amides is 1. The minimum atomic E-state index is -4.04. The Morgan fingerprint density at radius 2 is 1.68 bits per heavy atom. The quantitative estimate of drug-likeness (QED) is 0.365. The highest BCUT2D eigenvalue weighted by Crippen LogP contribution is 2.28. The Hall–Kier alpha value is -3.47. The monoisotopic (exact) mass is 514 g/mol.